The molecule has 23 heavy (non-hydrogen) atoms. The average Bonchev–Trinajstić information content (AvgIpc) is 2.43. The van der Waals surface area contributed by atoms with Crippen LogP contribution in [0, 0.1) is 11.6 Å². The topological polar surface area (TPSA) is 52.6 Å². The fourth-order valence-corrected chi connectivity index (χ4v) is 2.35. The van der Waals surface area contributed by atoms with Crippen LogP contribution in [-0.4, -0.2) is 47.3 Å². The van der Waals surface area contributed by atoms with E-state index in [9.17, 15) is 31.9 Å². The summed E-state index contributed by atoms with van der Waals surface area (Å²) in [5, 5.41) is 11.7. The second-order valence-electron chi connectivity index (χ2n) is 5.48. The molecule has 0 bridgehead atoms. The molecule has 1 aromatic carbocycles. The lowest BCUT2D eigenvalue weighted by atomic mass is 9.91. The Hall–Kier alpha value is -1.74. The van der Waals surface area contributed by atoms with Crippen LogP contribution in [0.15, 0.2) is 18.2 Å². The molecule has 9 heteroatoms. The Bertz CT molecular complexity index is 583. The summed E-state index contributed by atoms with van der Waals surface area (Å²) in [6.45, 7) is -0.477. The minimum Gasteiger partial charge on any atom is -0.380 e. The Balaban J connectivity index is 1.88. The number of nitrogens with zero attached hydrogens (tertiary/aromatic N) is 1. The number of rotatable bonds is 3. The highest BCUT2D eigenvalue weighted by molar-refractivity contribution is 5.92. The molecule has 0 saturated carbocycles. The van der Waals surface area contributed by atoms with Crippen LogP contribution in [0.5, 0.6) is 0 Å². The Kier molecular flexibility index (Phi) is 4.90. The molecule has 1 aliphatic heterocycles. The third-order valence-corrected chi connectivity index (χ3v) is 3.78. The number of carbonyl (C=O) groups is 1. The highest BCUT2D eigenvalue weighted by atomic mass is 19.4. The van der Waals surface area contributed by atoms with Gasteiger partial charge in [0.15, 0.2) is 5.60 Å². The molecule has 128 valence electrons. The van der Waals surface area contributed by atoms with Crippen molar-refractivity contribution < 1.29 is 31.9 Å². The number of hydrogen-bond acceptors (Lipinski definition) is 3. The minimum atomic E-state index is -4.71. The van der Waals surface area contributed by atoms with Crippen molar-refractivity contribution >= 4 is 11.6 Å². The number of piperidine rings is 1. The maximum Gasteiger partial charge on any atom is 0.417 e. The monoisotopic (exact) mass is 338 g/mol. The number of hydrogen-bond donors (Lipinski definition) is 2. The summed E-state index contributed by atoms with van der Waals surface area (Å²) in [4.78, 5) is 13.2. The SMILES string of the molecule is O=C(CN1CCC(O)(C(F)(F)F)CC1)Nc1ccc(F)cc1F. The lowest BCUT2D eigenvalue weighted by Crippen LogP contribution is -2.54. The molecule has 4 nitrogen and oxygen atoms in total. The molecule has 1 saturated heterocycles. The predicted molar refractivity (Wildman–Crippen MR) is 71.7 cm³/mol. The van der Waals surface area contributed by atoms with E-state index in [4.69, 9.17) is 0 Å². The zero-order chi connectivity index (χ0) is 17.3. The van der Waals surface area contributed by atoms with Crippen molar-refractivity contribution in [3.05, 3.63) is 29.8 Å². The van der Waals surface area contributed by atoms with Crippen molar-refractivity contribution in [2.45, 2.75) is 24.6 Å². The molecule has 2 rings (SSSR count). The summed E-state index contributed by atoms with van der Waals surface area (Å²) in [6.07, 6.45) is -5.78. The van der Waals surface area contributed by atoms with Crippen molar-refractivity contribution in [2.24, 2.45) is 0 Å². The van der Waals surface area contributed by atoms with Gasteiger partial charge < -0.3 is 10.4 Å². The summed E-state index contributed by atoms with van der Waals surface area (Å²) in [5.74, 6) is -2.36. The van der Waals surface area contributed by atoms with Gasteiger partial charge in [-0.15, -0.1) is 0 Å². The lowest BCUT2D eigenvalue weighted by Gasteiger charge is -2.38. The van der Waals surface area contributed by atoms with Gasteiger partial charge in [0.1, 0.15) is 11.6 Å². The van der Waals surface area contributed by atoms with E-state index in [1.165, 1.54) is 4.90 Å². The van der Waals surface area contributed by atoms with Gasteiger partial charge in [0.05, 0.1) is 12.2 Å². The van der Waals surface area contributed by atoms with E-state index in [2.05, 4.69) is 5.32 Å². The smallest absolute Gasteiger partial charge is 0.380 e. The van der Waals surface area contributed by atoms with Gasteiger partial charge in [-0.2, -0.15) is 13.2 Å². The molecule has 1 fully saturated rings. The fourth-order valence-electron chi connectivity index (χ4n) is 2.35. The summed E-state index contributed by atoms with van der Waals surface area (Å²) >= 11 is 0. The number of benzene rings is 1. The molecule has 0 atom stereocenters. The fraction of sp³-hybridized carbons (Fsp3) is 0.500. The van der Waals surface area contributed by atoms with Gasteiger partial charge in [-0.1, -0.05) is 0 Å². The van der Waals surface area contributed by atoms with Gasteiger partial charge in [-0.25, -0.2) is 8.78 Å². The molecule has 0 unspecified atom stereocenters. The van der Waals surface area contributed by atoms with E-state index in [0.29, 0.717) is 6.07 Å². The second kappa shape index (κ2) is 6.40. The standard InChI is InChI=1S/C14H15F5N2O2/c15-9-1-2-11(10(16)7-9)20-12(22)8-21-5-3-13(23,4-6-21)14(17,18)19/h1-2,7,23H,3-6,8H2,(H,20,22). The maximum atomic E-state index is 13.4. The van der Waals surface area contributed by atoms with Crippen LogP contribution in [0.4, 0.5) is 27.6 Å². The van der Waals surface area contributed by atoms with Crippen molar-refractivity contribution in [1.29, 1.82) is 0 Å². The van der Waals surface area contributed by atoms with Crippen LogP contribution in [0.3, 0.4) is 0 Å². The molecule has 1 heterocycles. The third-order valence-electron chi connectivity index (χ3n) is 3.78. The van der Waals surface area contributed by atoms with Crippen LogP contribution in [0.25, 0.3) is 0 Å². The number of amides is 1. The predicted octanol–water partition coefficient (Wildman–Crippen LogP) is 2.29. The Morgan fingerprint density at radius 2 is 1.87 bits per heavy atom. The number of likely N-dealkylation sites (tertiary alicyclic amines) is 1. The molecule has 0 radical (unpaired) electrons. The van der Waals surface area contributed by atoms with Crippen LogP contribution in [0.1, 0.15) is 12.8 Å². The quantitative estimate of drug-likeness (QED) is 0.832. The zero-order valence-electron chi connectivity index (χ0n) is 12.0. The van der Waals surface area contributed by atoms with Gasteiger partial charge in [0.2, 0.25) is 5.91 Å². The van der Waals surface area contributed by atoms with E-state index in [0.717, 1.165) is 12.1 Å². The highest BCUT2D eigenvalue weighted by Crippen LogP contribution is 2.38. The first-order valence-corrected chi connectivity index (χ1v) is 6.87. The van der Waals surface area contributed by atoms with Crippen molar-refractivity contribution in [1.82, 2.24) is 4.90 Å². The van der Waals surface area contributed by atoms with E-state index >= 15 is 0 Å². The van der Waals surface area contributed by atoms with Crippen molar-refractivity contribution in [3.63, 3.8) is 0 Å². The van der Waals surface area contributed by atoms with Gasteiger partial charge in [0.25, 0.3) is 0 Å². The van der Waals surface area contributed by atoms with Crippen molar-refractivity contribution in [3.8, 4) is 0 Å². The molecule has 0 spiro atoms. The normalized spacial score (nSPS) is 18.7. The Morgan fingerprint density at radius 3 is 2.39 bits per heavy atom. The Labute approximate surface area is 128 Å². The average molecular weight is 338 g/mol. The molecule has 0 aromatic heterocycles. The van der Waals surface area contributed by atoms with Crippen LogP contribution in [0.2, 0.25) is 0 Å². The first kappa shape index (κ1) is 17.6. The maximum absolute atomic E-state index is 13.4. The Morgan fingerprint density at radius 1 is 1.26 bits per heavy atom. The summed E-state index contributed by atoms with van der Waals surface area (Å²) in [5.41, 5.74) is -2.94. The van der Waals surface area contributed by atoms with Gasteiger partial charge >= 0.3 is 6.18 Å². The van der Waals surface area contributed by atoms with Crippen LogP contribution < -0.4 is 5.32 Å². The van der Waals surface area contributed by atoms with E-state index < -0.39 is 42.2 Å². The van der Waals surface area contributed by atoms with Gasteiger partial charge in [0, 0.05) is 19.2 Å². The molecule has 2 N–H and O–H groups in total. The molecular weight excluding hydrogens is 323 g/mol. The van der Waals surface area contributed by atoms with Gasteiger partial charge in [-0.05, 0) is 25.0 Å². The zero-order valence-corrected chi connectivity index (χ0v) is 12.0. The van der Waals surface area contributed by atoms with Crippen LogP contribution in [-0.2, 0) is 4.79 Å². The molecule has 0 aliphatic carbocycles. The first-order chi connectivity index (χ1) is 10.6. The summed E-state index contributed by atoms with van der Waals surface area (Å²) in [7, 11) is 0. The first-order valence-electron chi connectivity index (χ1n) is 6.87. The minimum absolute atomic E-state index is 0.116. The van der Waals surface area contributed by atoms with E-state index in [-0.39, 0.29) is 25.3 Å². The number of aliphatic hydroxyl groups is 1. The summed E-state index contributed by atoms with van der Waals surface area (Å²) in [6, 6.07) is 2.64. The molecule has 1 aromatic rings. The van der Waals surface area contributed by atoms with Gasteiger partial charge in [-0.3, -0.25) is 9.69 Å². The molecule has 1 aliphatic rings. The number of nitrogens with one attached hydrogen (secondary N) is 1. The highest BCUT2D eigenvalue weighted by Gasteiger charge is 2.54. The van der Waals surface area contributed by atoms with Crippen molar-refractivity contribution in [2.75, 3.05) is 25.0 Å². The third kappa shape index (κ3) is 4.17. The molecular formula is C14H15F5N2O2. The number of carbonyl (C=O) groups excluding carboxylic acids is 1. The van der Waals surface area contributed by atoms with E-state index in [1.54, 1.807) is 0 Å². The van der Waals surface area contributed by atoms with Crippen LogP contribution >= 0.6 is 0 Å². The number of halogens is 5. The molecule has 1 amide bonds. The summed E-state index contributed by atoms with van der Waals surface area (Å²) < 4.78 is 64.1. The number of anilines is 1. The largest absolute Gasteiger partial charge is 0.417 e. The second-order valence-corrected chi connectivity index (χ2v) is 5.48. The van der Waals surface area contributed by atoms with E-state index in [1.807, 2.05) is 0 Å². The lowest BCUT2D eigenvalue weighted by molar-refractivity contribution is -0.272. The number of alkyl halides is 3.